The maximum atomic E-state index is 13.6. The van der Waals surface area contributed by atoms with E-state index in [-0.39, 0.29) is 18.0 Å². The smallest absolute Gasteiger partial charge is 0.333 e. The molecule has 1 amide bonds. The largest absolute Gasteiger partial charge is 0.390 e. The Morgan fingerprint density at radius 2 is 1.66 bits per heavy atom. The quantitative estimate of drug-likeness (QED) is 0.274. The van der Waals surface area contributed by atoms with Crippen LogP contribution in [0, 0.1) is 0 Å². The molecule has 0 saturated heterocycles. The number of imidazole rings is 1. The number of aliphatic hydroxyl groups is 1. The number of hydrogen-bond donors (Lipinski definition) is 1. The third kappa shape index (κ3) is 4.97. The summed E-state index contributed by atoms with van der Waals surface area (Å²) in [5.74, 6) is -0.0415. The fourth-order valence-electron chi connectivity index (χ4n) is 6.11. The summed E-state index contributed by atoms with van der Waals surface area (Å²) < 4.78 is 3.40. The van der Waals surface area contributed by atoms with Gasteiger partial charge in [0.25, 0.3) is 0 Å². The maximum Gasteiger partial charge on any atom is 0.333 e. The molecule has 0 unspecified atom stereocenters. The van der Waals surface area contributed by atoms with Crippen molar-refractivity contribution in [1.29, 1.82) is 0 Å². The zero-order chi connectivity index (χ0) is 30.6. The van der Waals surface area contributed by atoms with Crippen LogP contribution in [0.4, 0.5) is 0 Å². The molecule has 0 aliphatic carbocycles. The molecule has 0 bridgehead atoms. The molecule has 0 atom stereocenters. The van der Waals surface area contributed by atoms with Gasteiger partial charge in [-0.05, 0) is 73.4 Å². The van der Waals surface area contributed by atoms with Crippen molar-refractivity contribution in [3.05, 3.63) is 107 Å². The van der Waals surface area contributed by atoms with E-state index in [0.29, 0.717) is 13.1 Å². The normalized spacial score (nSPS) is 14.0. The van der Waals surface area contributed by atoms with Crippen LogP contribution in [0.25, 0.3) is 55.2 Å². The van der Waals surface area contributed by atoms with Crippen molar-refractivity contribution in [2.45, 2.75) is 32.3 Å². The Kier molecular flexibility index (Phi) is 6.66. The minimum Gasteiger partial charge on any atom is -0.390 e. The summed E-state index contributed by atoms with van der Waals surface area (Å²) in [6.45, 7) is 4.43. The molecule has 220 valence electrons. The van der Waals surface area contributed by atoms with E-state index in [9.17, 15) is 14.7 Å². The number of fused-ring (bicyclic) bond motifs is 4. The Labute approximate surface area is 254 Å². The van der Waals surface area contributed by atoms with Crippen LogP contribution in [0.5, 0.6) is 0 Å². The number of rotatable bonds is 5. The second kappa shape index (κ2) is 10.6. The van der Waals surface area contributed by atoms with Crippen molar-refractivity contribution < 1.29 is 9.90 Å². The summed E-state index contributed by atoms with van der Waals surface area (Å²) in [5, 5.41) is 12.0. The average molecular weight is 584 g/mol. The number of para-hydroxylation sites is 1. The van der Waals surface area contributed by atoms with Crippen LogP contribution >= 0.6 is 0 Å². The molecule has 0 radical (unpaired) electrons. The summed E-state index contributed by atoms with van der Waals surface area (Å²) in [4.78, 5) is 37.3. The molecule has 8 nitrogen and oxygen atoms in total. The van der Waals surface area contributed by atoms with Crippen molar-refractivity contribution in [1.82, 2.24) is 24.0 Å². The van der Waals surface area contributed by atoms with Gasteiger partial charge in [-0.3, -0.25) is 23.9 Å². The fourth-order valence-corrected chi connectivity index (χ4v) is 6.11. The highest BCUT2D eigenvalue weighted by atomic mass is 16.3. The van der Waals surface area contributed by atoms with Gasteiger partial charge in [0.2, 0.25) is 5.91 Å². The lowest BCUT2D eigenvalue weighted by Crippen LogP contribution is -2.38. The first-order valence-corrected chi connectivity index (χ1v) is 14.8. The maximum absolute atomic E-state index is 13.6. The summed E-state index contributed by atoms with van der Waals surface area (Å²) in [5.41, 5.74) is 7.16. The summed E-state index contributed by atoms with van der Waals surface area (Å²) in [7, 11) is 1.78. The highest BCUT2D eigenvalue weighted by molar-refractivity contribution is 6.05. The number of aromatic nitrogens is 4. The standard InChI is InChI=1S/C36H33N5O3/c1-36(2,44)20-33(42)40-16-14-24(15-17-40)23-8-11-28(12-9-23)41-34-29-19-25(27-18-26-6-4-5-7-30(26)37-21-27)10-13-31(29)38-22-32(34)39(3)35(41)43/h4-14,18-19,21-22,44H,15-17,20H2,1-3H3. The summed E-state index contributed by atoms with van der Waals surface area (Å²) >= 11 is 0. The van der Waals surface area contributed by atoms with Crippen LogP contribution in [-0.4, -0.2) is 53.7 Å². The van der Waals surface area contributed by atoms with Crippen LogP contribution < -0.4 is 5.69 Å². The van der Waals surface area contributed by atoms with Gasteiger partial charge in [0, 0.05) is 42.7 Å². The van der Waals surface area contributed by atoms with Gasteiger partial charge in [-0.2, -0.15) is 0 Å². The average Bonchev–Trinajstić information content (AvgIpc) is 3.29. The van der Waals surface area contributed by atoms with E-state index in [4.69, 9.17) is 0 Å². The molecule has 3 aromatic heterocycles. The molecular formula is C36H33N5O3. The lowest BCUT2D eigenvalue weighted by atomic mass is 9.98. The van der Waals surface area contributed by atoms with E-state index < -0.39 is 5.60 Å². The van der Waals surface area contributed by atoms with Gasteiger partial charge >= 0.3 is 5.69 Å². The van der Waals surface area contributed by atoms with E-state index in [1.165, 1.54) is 0 Å². The van der Waals surface area contributed by atoms with Gasteiger partial charge in [-0.15, -0.1) is 0 Å². The number of carbonyl (C=O) groups excluding carboxylic acids is 1. The molecule has 1 N–H and O–H groups in total. The summed E-state index contributed by atoms with van der Waals surface area (Å²) in [6, 6.07) is 24.4. The minimum atomic E-state index is -1.02. The highest BCUT2D eigenvalue weighted by Crippen LogP contribution is 2.31. The molecule has 7 rings (SSSR count). The molecule has 44 heavy (non-hydrogen) atoms. The Balaban J connectivity index is 1.26. The first kappa shape index (κ1) is 27.7. The minimum absolute atomic E-state index is 0.0415. The Morgan fingerprint density at radius 1 is 0.909 bits per heavy atom. The van der Waals surface area contributed by atoms with E-state index in [1.54, 1.807) is 41.1 Å². The molecule has 6 aromatic rings. The first-order valence-electron chi connectivity index (χ1n) is 14.8. The second-order valence-electron chi connectivity index (χ2n) is 12.2. The van der Waals surface area contributed by atoms with Crippen molar-refractivity contribution in [3.63, 3.8) is 0 Å². The fraction of sp³-hybridized carbons (Fsp3) is 0.222. The van der Waals surface area contributed by atoms with E-state index in [2.05, 4.69) is 34.2 Å². The number of carbonyl (C=O) groups is 1. The Morgan fingerprint density at radius 3 is 2.41 bits per heavy atom. The second-order valence-corrected chi connectivity index (χ2v) is 12.2. The predicted octanol–water partition coefficient (Wildman–Crippen LogP) is 5.87. The first-order chi connectivity index (χ1) is 21.2. The number of pyridine rings is 2. The van der Waals surface area contributed by atoms with Crippen LogP contribution in [0.1, 0.15) is 32.3 Å². The van der Waals surface area contributed by atoms with Crippen molar-refractivity contribution in [2.24, 2.45) is 7.05 Å². The Bertz CT molecular complexity index is 2170. The number of amides is 1. The zero-order valence-electron chi connectivity index (χ0n) is 25.0. The SMILES string of the molecule is Cn1c(=O)n(-c2ccc(C3=CCN(C(=O)CC(C)(C)O)CC3)cc2)c2c3cc(-c4cnc5ccccc5c4)ccc3ncc21. The van der Waals surface area contributed by atoms with Gasteiger partial charge in [0.15, 0.2) is 0 Å². The van der Waals surface area contributed by atoms with Gasteiger partial charge in [0.1, 0.15) is 0 Å². The van der Waals surface area contributed by atoms with Gasteiger partial charge < -0.3 is 10.0 Å². The number of nitrogens with zero attached hydrogens (tertiary/aromatic N) is 5. The third-order valence-corrected chi connectivity index (χ3v) is 8.45. The van der Waals surface area contributed by atoms with E-state index >= 15 is 0 Å². The molecular weight excluding hydrogens is 550 g/mol. The molecule has 1 aliphatic heterocycles. The highest BCUT2D eigenvalue weighted by Gasteiger charge is 2.24. The molecule has 0 spiro atoms. The molecule has 3 aromatic carbocycles. The monoisotopic (exact) mass is 583 g/mol. The third-order valence-electron chi connectivity index (χ3n) is 8.45. The van der Waals surface area contributed by atoms with Crippen molar-refractivity contribution in [2.75, 3.05) is 13.1 Å². The van der Waals surface area contributed by atoms with Crippen LogP contribution in [0.3, 0.4) is 0 Å². The lowest BCUT2D eigenvalue weighted by molar-refractivity contribution is -0.134. The van der Waals surface area contributed by atoms with Crippen LogP contribution in [0.2, 0.25) is 0 Å². The van der Waals surface area contributed by atoms with Crippen molar-refractivity contribution in [3.8, 4) is 16.8 Å². The lowest BCUT2D eigenvalue weighted by Gasteiger charge is -2.29. The number of hydrogen-bond acceptors (Lipinski definition) is 5. The molecule has 0 saturated carbocycles. The van der Waals surface area contributed by atoms with Crippen LogP contribution in [-0.2, 0) is 11.8 Å². The molecule has 8 heteroatoms. The Hall–Kier alpha value is -5.08. The van der Waals surface area contributed by atoms with Crippen molar-refractivity contribution >= 4 is 44.3 Å². The number of benzene rings is 3. The van der Waals surface area contributed by atoms with E-state index in [1.807, 2.05) is 60.8 Å². The van der Waals surface area contributed by atoms with Gasteiger partial charge in [-0.1, -0.05) is 42.5 Å². The topological polar surface area (TPSA) is 93.2 Å². The predicted molar refractivity (Wildman–Crippen MR) is 175 cm³/mol. The molecule has 4 heterocycles. The van der Waals surface area contributed by atoms with Crippen LogP contribution in [0.15, 0.2) is 96.1 Å². The summed E-state index contributed by atoms with van der Waals surface area (Å²) in [6.07, 6.45) is 6.56. The number of aryl methyl sites for hydroxylation is 1. The van der Waals surface area contributed by atoms with Gasteiger partial charge in [0.05, 0.1) is 46.0 Å². The molecule has 0 fully saturated rings. The zero-order valence-corrected chi connectivity index (χ0v) is 25.0. The van der Waals surface area contributed by atoms with E-state index in [0.717, 1.165) is 67.2 Å². The molecule has 1 aliphatic rings. The van der Waals surface area contributed by atoms with Gasteiger partial charge in [-0.25, -0.2) is 4.79 Å².